The van der Waals surface area contributed by atoms with E-state index in [9.17, 15) is 9.59 Å². The molecule has 3 aromatic rings. The van der Waals surface area contributed by atoms with E-state index in [0.29, 0.717) is 36.2 Å². The highest BCUT2D eigenvalue weighted by molar-refractivity contribution is 7.09. The molecule has 0 bridgehead atoms. The first-order chi connectivity index (χ1) is 16.9. The van der Waals surface area contributed by atoms with Gasteiger partial charge in [0.2, 0.25) is 5.91 Å². The fraction of sp³-hybridized carbons (Fsp3) is 0.481. The minimum atomic E-state index is -1.06. The van der Waals surface area contributed by atoms with Gasteiger partial charge < -0.3 is 24.3 Å². The molecule has 3 heterocycles. The molecule has 1 atom stereocenters. The zero-order chi connectivity index (χ0) is 24.7. The van der Waals surface area contributed by atoms with Gasteiger partial charge in [-0.05, 0) is 68.2 Å². The average molecular weight is 496 g/mol. The van der Waals surface area contributed by atoms with Crippen molar-refractivity contribution in [1.29, 1.82) is 0 Å². The van der Waals surface area contributed by atoms with Gasteiger partial charge in [0.05, 0.1) is 32.8 Å². The number of hydrogen-bond donors (Lipinski definition) is 1. The van der Waals surface area contributed by atoms with Crippen LogP contribution in [0.1, 0.15) is 54.9 Å². The number of thiophene rings is 1. The molecule has 1 N–H and O–H groups in total. The van der Waals surface area contributed by atoms with E-state index >= 15 is 0 Å². The first-order valence-electron chi connectivity index (χ1n) is 12.2. The molecule has 5 rings (SSSR count). The Hall–Kier alpha value is -3.00. The number of methoxy groups -OCH3 is 2. The summed E-state index contributed by atoms with van der Waals surface area (Å²) in [5, 5.41) is 6.10. The number of fused-ring (bicyclic) bond motifs is 3. The van der Waals surface area contributed by atoms with Crippen LogP contribution in [0.5, 0.6) is 11.5 Å². The van der Waals surface area contributed by atoms with Gasteiger partial charge in [-0.25, -0.2) is 0 Å². The molecule has 1 fully saturated rings. The predicted octanol–water partition coefficient (Wildman–Crippen LogP) is 4.83. The number of aromatic nitrogens is 1. The molecule has 1 saturated carbocycles. The van der Waals surface area contributed by atoms with Crippen molar-refractivity contribution in [2.24, 2.45) is 5.92 Å². The lowest BCUT2D eigenvalue weighted by Gasteiger charge is -2.45. The van der Waals surface area contributed by atoms with Crippen molar-refractivity contribution >= 4 is 34.1 Å². The summed E-state index contributed by atoms with van der Waals surface area (Å²) >= 11 is 1.59. The molecule has 2 aliphatic rings. The lowest BCUT2D eigenvalue weighted by Crippen LogP contribution is -2.64. The third-order valence-electron chi connectivity index (χ3n) is 7.68. The summed E-state index contributed by atoms with van der Waals surface area (Å²) < 4.78 is 13.2. The Morgan fingerprint density at radius 1 is 1.14 bits per heavy atom. The van der Waals surface area contributed by atoms with Gasteiger partial charge in [0.15, 0.2) is 0 Å². The second-order valence-corrected chi connectivity index (χ2v) is 11.1. The van der Waals surface area contributed by atoms with Crippen molar-refractivity contribution < 1.29 is 19.1 Å². The summed E-state index contributed by atoms with van der Waals surface area (Å²) in [6.45, 7) is 4.88. The van der Waals surface area contributed by atoms with E-state index in [2.05, 4.69) is 12.2 Å². The van der Waals surface area contributed by atoms with Crippen LogP contribution in [-0.4, -0.2) is 47.1 Å². The topological polar surface area (TPSA) is 72.8 Å². The molecule has 0 spiro atoms. The van der Waals surface area contributed by atoms with Crippen molar-refractivity contribution in [3.8, 4) is 11.5 Å². The van der Waals surface area contributed by atoms with E-state index in [0.717, 1.165) is 41.5 Å². The molecular formula is C27H33N3O4S. The Kier molecular flexibility index (Phi) is 6.25. The van der Waals surface area contributed by atoms with Crippen LogP contribution < -0.4 is 14.8 Å². The van der Waals surface area contributed by atoms with Crippen LogP contribution in [0.4, 0.5) is 0 Å². The van der Waals surface area contributed by atoms with Crippen molar-refractivity contribution in [1.82, 2.24) is 14.8 Å². The minimum absolute atomic E-state index is 0.101. The maximum Gasteiger partial charge on any atom is 0.271 e. The van der Waals surface area contributed by atoms with E-state index in [1.54, 1.807) is 30.5 Å². The maximum absolute atomic E-state index is 14.0. The molecule has 35 heavy (non-hydrogen) atoms. The fourth-order valence-corrected chi connectivity index (χ4v) is 6.20. The summed E-state index contributed by atoms with van der Waals surface area (Å²) in [6.07, 6.45) is 4.18. The number of hydrogen-bond acceptors (Lipinski definition) is 5. The van der Waals surface area contributed by atoms with Crippen molar-refractivity contribution in [2.45, 2.75) is 64.2 Å². The molecule has 7 nitrogen and oxygen atoms in total. The second kappa shape index (κ2) is 9.22. The van der Waals surface area contributed by atoms with E-state index < -0.39 is 5.54 Å². The molecule has 2 aromatic heterocycles. The van der Waals surface area contributed by atoms with Crippen molar-refractivity contribution in [3.05, 3.63) is 46.3 Å². The highest BCUT2D eigenvalue weighted by Crippen LogP contribution is 2.40. The molecular weight excluding hydrogens is 462 g/mol. The molecule has 2 amide bonds. The van der Waals surface area contributed by atoms with Crippen molar-refractivity contribution in [3.63, 3.8) is 0 Å². The van der Waals surface area contributed by atoms with Crippen molar-refractivity contribution in [2.75, 3.05) is 14.2 Å². The van der Waals surface area contributed by atoms with Crippen LogP contribution in [0.15, 0.2) is 35.7 Å². The first-order valence-corrected chi connectivity index (χ1v) is 13.1. The van der Waals surface area contributed by atoms with E-state index in [1.807, 2.05) is 47.2 Å². The molecule has 186 valence electrons. The van der Waals surface area contributed by atoms with Gasteiger partial charge in [0, 0.05) is 16.3 Å². The van der Waals surface area contributed by atoms with Gasteiger partial charge in [0.25, 0.3) is 5.91 Å². The Morgan fingerprint density at radius 3 is 2.51 bits per heavy atom. The number of amides is 2. The number of nitrogens with one attached hydrogen (secondary N) is 1. The maximum atomic E-state index is 14.0. The smallest absolute Gasteiger partial charge is 0.271 e. The van der Waals surface area contributed by atoms with Crippen LogP contribution in [0.2, 0.25) is 0 Å². The number of nitrogens with zero attached hydrogens (tertiary/aromatic N) is 2. The zero-order valence-corrected chi connectivity index (χ0v) is 21.6. The standard InChI is InChI=1S/C27H33N3O4S/c1-17-7-9-18(10-8-17)28-26(32)27(2)16-29-21(25(31)30(27)15-19-6-5-13-35-19)14-20-22(33-3)11-12-23(34-4)24(20)29/h5-6,11-14,17-18H,7-10,15-16H2,1-4H3,(H,28,32). The highest BCUT2D eigenvalue weighted by Gasteiger charge is 2.48. The summed E-state index contributed by atoms with van der Waals surface area (Å²) in [5.74, 6) is 1.75. The molecule has 1 aromatic carbocycles. The van der Waals surface area contributed by atoms with Gasteiger partial charge >= 0.3 is 0 Å². The number of carbonyl (C=O) groups excluding carboxylic acids is 2. The average Bonchev–Trinajstić information content (AvgIpc) is 3.51. The van der Waals surface area contributed by atoms with Crippen LogP contribution in [0, 0.1) is 5.92 Å². The number of ether oxygens (including phenoxy) is 2. The van der Waals surface area contributed by atoms with Gasteiger partial charge in [0.1, 0.15) is 22.7 Å². The minimum Gasteiger partial charge on any atom is -0.496 e. The molecule has 0 saturated heterocycles. The summed E-state index contributed by atoms with van der Waals surface area (Å²) in [4.78, 5) is 30.7. The molecule has 8 heteroatoms. The Bertz CT molecular complexity index is 1240. The number of rotatable bonds is 6. The third-order valence-corrected chi connectivity index (χ3v) is 8.54. The molecule has 1 aliphatic heterocycles. The zero-order valence-electron chi connectivity index (χ0n) is 20.8. The summed E-state index contributed by atoms with van der Waals surface area (Å²) in [5.41, 5.74) is 0.254. The van der Waals surface area contributed by atoms with Crippen LogP contribution in [-0.2, 0) is 17.9 Å². The Morgan fingerprint density at radius 2 is 1.86 bits per heavy atom. The lowest BCUT2D eigenvalue weighted by molar-refractivity contribution is -0.134. The van der Waals surface area contributed by atoms with E-state index in [-0.39, 0.29) is 17.9 Å². The van der Waals surface area contributed by atoms with Crippen LogP contribution in [0.3, 0.4) is 0 Å². The summed E-state index contributed by atoms with van der Waals surface area (Å²) in [7, 11) is 3.23. The quantitative estimate of drug-likeness (QED) is 0.532. The van der Waals surface area contributed by atoms with Crippen LogP contribution in [0.25, 0.3) is 10.9 Å². The number of carbonyl (C=O) groups is 2. The van der Waals surface area contributed by atoms with Gasteiger partial charge in [-0.15, -0.1) is 11.3 Å². The van der Waals surface area contributed by atoms with Gasteiger partial charge in [-0.1, -0.05) is 13.0 Å². The SMILES string of the molecule is COc1ccc(OC)c2c1cc1n2CC(C)(C(=O)NC2CCC(C)CC2)N(Cc2cccs2)C1=O. The van der Waals surface area contributed by atoms with Gasteiger partial charge in [-0.2, -0.15) is 0 Å². The van der Waals surface area contributed by atoms with E-state index in [1.165, 1.54) is 0 Å². The monoisotopic (exact) mass is 495 g/mol. The lowest BCUT2D eigenvalue weighted by atomic mass is 9.86. The fourth-order valence-electron chi connectivity index (χ4n) is 5.51. The normalized spacial score (nSPS) is 24.3. The highest BCUT2D eigenvalue weighted by atomic mass is 32.1. The molecule has 1 aliphatic carbocycles. The van der Waals surface area contributed by atoms with Crippen LogP contribution >= 0.6 is 11.3 Å². The van der Waals surface area contributed by atoms with E-state index in [4.69, 9.17) is 9.47 Å². The number of benzene rings is 1. The third kappa shape index (κ3) is 4.07. The predicted molar refractivity (Wildman–Crippen MR) is 137 cm³/mol. The van der Waals surface area contributed by atoms with Gasteiger partial charge in [-0.3, -0.25) is 9.59 Å². The molecule has 1 unspecified atom stereocenters. The largest absolute Gasteiger partial charge is 0.496 e. The Balaban J connectivity index is 1.59. The molecule has 0 radical (unpaired) electrons. The first kappa shape index (κ1) is 23.7. The Labute approximate surface area is 210 Å². The second-order valence-electron chi connectivity index (χ2n) is 10.0. The summed E-state index contributed by atoms with van der Waals surface area (Å²) in [6, 6.07) is 9.68.